The quantitative estimate of drug-likeness (QED) is 0.125. The van der Waals surface area contributed by atoms with Crippen LogP contribution in [0.2, 0.25) is 0 Å². The highest BCUT2D eigenvalue weighted by Gasteiger charge is 2.40. The van der Waals surface area contributed by atoms with Gasteiger partial charge in [-0.1, -0.05) is 54.2 Å². The summed E-state index contributed by atoms with van der Waals surface area (Å²) >= 11 is 0.874. The van der Waals surface area contributed by atoms with Gasteiger partial charge in [-0.3, -0.25) is 4.79 Å². The number of ether oxygens (including phenoxy) is 1. The number of aryl methyl sites for hydroxylation is 2. The largest absolute Gasteiger partial charge is 0.497 e. The van der Waals surface area contributed by atoms with Gasteiger partial charge in [-0.25, -0.2) is 22.0 Å². The Bertz CT molecular complexity index is 1410. The maximum Gasteiger partial charge on any atom is 0.220 e. The van der Waals surface area contributed by atoms with E-state index in [0.29, 0.717) is 56.2 Å². The van der Waals surface area contributed by atoms with E-state index < -0.39 is 41.1 Å². The zero-order valence-corrected chi connectivity index (χ0v) is 23.8. The molecule has 0 bridgehead atoms. The minimum absolute atomic E-state index is 0.0833. The number of halogens is 5. The number of hydrogen-bond donors (Lipinski definition) is 1. The molecule has 6 nitrogen and oxygen atoms in total. The summed E-state index contributed by atoms with van der Waals surface area (Å²) in [5.41, 5.74) is 1.20. The lowest BCUT2D eigenvalue weighted by molar-refractivity contribution is -0.121. The second-order valence-corrected chi connectivity index (χ2v) is 10.7. The summed E-state index contributed by atoms with van der Waals surface area (Å²) in [6.45, 7) is 0.857. The number of nitrogens with zero attached hydrogens (tertiary/aromatic N) is 3. The van der Waals surface area contributed by atoms with E-state index in [9.17, 15) is 26.7 Å². The first-order valence-electron chi connectivity index (χ1n) is 13.5. The molecule has 2 aromatic carbocycles. The number of carbonyl (C=O) groups excluding carboxylic acids is 1. The average Bonchev–Trinajstić information content (AvgIpc) is 3.41. The summed E-state index contributed by atoms with van der Waals surface area (Å²) in [5.74, 6) is -5.00. The van der Waals surface area contributed by atoms with Gasteiger partial charge in [0.1, 0.15) is 11.6 Å². The number of unbranched alkanes of at least 4 members (excludes halogenated alkanes) is 1. The van der Waals surface area contributed by atoms with E-state index in [-0.39, 0.29) is 5.91 Å². The van der Waals surface area contributed by atoms with E-state index >= 15 is 0 Å². The molecule has 1 aromatic heterocycles. The minimum Gasteiger partial charge on any atom is -0.497 e. The average molecular weight is 607 g/mol. The first-order valence-corrected chi connectivity index (χ1v) is 14.5. The second kappa shape index (κ2) is 15.0. The lowest BCUT2D eigenvalue weighted by atomic mass is 10.0. The Morgan fingerprint density at radius 3 is 2.38 bits per heavy atom. The first kappa shape index (κ1) is 31.3. The molecule has 2 atom stereocenters. The molecule has 0 spiro atoms. The number of allylic oxidation sites excluding steroid dienone is 3. The lowest BCUT2D eigenvalue weighted by Crippen LogP contribution is -2.27. The van der Waals surface area contributed by atoms with Crippen molar-refractivity contribution in [2.45, 2.75) is 62.7 Å². The summed E-state index contributed by atoms with van der Waals surface area (Å²) in [4.78, 5) is 12.3. The van der Waals surface area contributed by atoms with Gasteiger partial charge in [0, 0.05) is 37.3 Å². The van der Waals surface area contributed by atoms with Crippen LogP contribution < -0.4 is 10.1 Å². The van der Waals surface area contributed by atoms with E-state index in [4.69, 9.17) is 4.74 Å². The number of nitrogens with one attached hydrogen (secondary N) is 1. The van der Waals surface area contributed by atoms with Gasteiger partial charge in [-0.15, -0.1) is 10.2 Å². The standard InChI is InChI=1S/C30H31F5N4O2S/c1-41-21-13-11-20(12-14-21)17-36-24(40)10-6-5-9-23-37-38-30(39(23)16-15-19-7-3-2-4-8-19)42-18-22-25(31)27(33)29(35)28(34)26(22)32/h2-4,7-8,11-14,25,27H,5-6,9-10,15-18H2,1H3,(H,36,40). The van der Waals surface area contributed by atoms with Crippen molar-refractivity contribution in [3.63, 3.8) is 0 Å². The Kier molecular flexibility index (Phi) is 11.2. The van der Waals surface area contributed by atoms with Crippen LogP contribution >= 0.6 is 11.8 Å². The van der Waals surface area contributed by atoms with Gasteiger partial charge in [0.15, 0.2) is 35.0 Å². The van der Waals surface area contributed by atoms with Gasteiger partial charge in [-0.05, 0) is 42.5 Å². The zero-order chi connectivity index (χ0) is 30.1. The summed E-state index contributed by atoms with van der Waals surface area (Å²) in [6.07, 6.45) is -2.86. The Morgan fingerprint density at radius 1 is 0.929 bits per heavy atom. The molecule has 1 aliphatic carbocycles. The fraction of sp³-hybridized carbons (Fsp3) is 0.367. The van der Waals surface area contributed by atoms with Crippen LogP contribution in [0.3, 0.4) is 0 Å². The summed E-state index contributed by atoms with van der Waals surface area (Å²) in [7, 11) is 1.59. The van der Waals surface area contributed by atoms with Gasteiger partial charge in [0.2, 0.25) is 5.91 Å². The molecular formula is C30H31F5N4O2S. The molecule has 12 heteroatoms. The van der Waals surface area contributed by atoms with Gasteiger partial charge in [-0.2, -0.15) is 0 Å². The van der Waals surface area contributed by atoms with Crippen molar-refractivity contribution >= 4 is 17.7 Å². The summed E-state index contributed by atoms with van der Waals surface area (Å²) in [6, 6.07) is 17.1. The molecule has 1 N–H and O–H groups in total. The molecule has 1 amide bonds. The normalized spacial score (nSPS) is 17.1. The monoisotopic (exact) mass is 606 g/mol. The maximum absolute atomic E-state index is 14.3. The molecule has 2 unspecified atom stereocenters. The molecule has 0 fully saturated rings. The predicted molar refractivity (Wildman–Crippen MR) is 150 cm³/mol. The van der Waals surface area contributed by atoms with Crippen molar-refractivity contribution in [3.8, 4) is 5.75 Å². The third kappa shape index (κ3) is 7.99. The Morgan fingerprint density at radius 2 is 1.67 bits per heavy atom. The van der Waals surface area contributed by atoms with Gasteiger partial charge >= 0.3 is 0 Å². The third-order valence-electron chi connectivity index (χ3n) is 6.84. The van der Waals surface area contributed by atoms with Crippen LogP contribution in [0.25, 0.3) is 0 Å². The molecule has 0 aliphatic heterocycles. The van der Waals surface area contributed by atoms with Crippen LogP contribution in [0.5, 0.6) is 5.75 Å². The van der Waals surface area contributed by atoms with E-state index in [0.717, 1.165) is 28.6 Å². The zero-order valence-electron chi connectivity index (χ0n) is 23.0. The predicted octanol–water partition coefficient (Wildman–Crippen LogP) is 6.71. The minimum atomic E-state index is -2.89. The van der Waals surface area contributed by atoms with Crippen molar-refractivity contribution < 1.29 is 31.5 Å². The molecule has 0 saturated heterocycles. The van der Waals surface area contributed by atoms with E-state index in [1.165, 1.54) is 0 Å². The number of benzene rings is 2. The SMILES string of the molecule is COc1ccc(CNC(=O)CCCCc2nnc(SCC3=C(F)C(F)=C(F)C(F)C3F)n2CCc2ccccc2)cc1. The third-order valence-corrected chi connectivity index (χ3v) is 7.85. The fourth-order valence-corrected chi connectivity index (χ4v) is 5.42. The number of carbonyl (C=O) groups is 1. The molecule has 4 rings (SSSR count). The number of aromatic nitrogens is 3. The summed E-state index contributed by atoms with van der Waals surface area (Å²) in [5, 5.41) is 11.6. The molecule has 0 radical (unpaired) electrons. The number of alkyl halides is 2. The molecule has 224 valence electrons. The van der Waals surface area contributed by atoms with Crippen LogP contribution in [0.4, 0.5) is 22.0 Å². The highest BCUT2D eigenvalue weighted by atomic mass is 32.2. The smallest absolute Gasteiger partial charge is 0.220 e. The van der Waals surface area contributed by atoms with Crippen LogP contribution in [0.15, 0.2) is 82.8 Å². The number of thioether (sulfide) groups is 1. The lowest BCUT2D eigenvalue weighted by Gasteiger charge is -2.21. The van der Waals surface area contributed by atoms with E-state index in [1.54, 1.807) is 11.7 Å². The topological polar surface area (TPSA) is 69.0 Å². The molecular weight excluding hydrogens is 575 g/mol. The molecule has 0 saturated carbocycles. The number of amides is 1. The van der Waals surface area contributed by atoms with Crippen molar-refractivity contribution in [3.05, 3.63) is 94.6 Å². The molecule has 1 heterocycles. The summed E-state index contributed by atoms with van der Waals surface area (Å²) < 4.78 is 76.5. The second-order valence-electron chi connectivity index (χ2n) is 9.71. The van der Waals surface area contributed by atoms with Crippen LogP contribution in [-0.2, 0) is 30.7 Å². The highest BCUT2D eigenvalue weighted by molar-refractivity contribution is 7.99. The van der Waals surface area contributed by atoms with Gasteiger partial charge in [0.25, 0.3) is 0 Å². The van der Waals surface area contributed by atoms with Crippen molar-refractivity contribution in [2.75, 3.05) is 12.9 Å². The van der Waals surface area contributed by atoms with Crippen LogP contribution in [0.1, 0.15) is 36.2 Å². The highest BCUT2D eigenvalue weighted by Crippen LogP contribution is 2.39. The first-order chi connectivity index (χ1) is 20.3. The van der Waals surface area contributed by atoms with Crippen LogP contribution in [0, 0.1) is 0 Å². The number of hydrogen-bond acceptors (Lipinski definition) is 5. The van der Waals surface area contributed by atoms with E-state index in [1.807, 2.05) is 54.6 Å². The Labute approximate surface area is 245 Å². The van der Waals surface area contributed by atoms with Crippen molar-refractivity contribution in [1.82, 2.24) is 20.1 Å². The van der Waals surface area contributed by atoms with Crippen molar-refractivity contribution in [2.24, 2.45) is 0 Å². The van der Waals surface area contributed by atoms with Crippen LogP contribution in [-0.4, -0.2) is 45.9 Å². The molecule has 42 heavy (non-hydrogen) atoms. The van der Waals surface area contributed by atoms with Crippen molar-refractivity contribution in [1.29, 1.82) is 0 Å². The maximum atomic E-state index is 14.3. The van der Waals surface area contributed by atoms with Gasteiger partial charge in [0.05, 0.1) is 7.11 Å². The Hall–Kier alpha value is -3.67. The van der Waals surface area contributed by atoms with E-state index in [2.05, 4.69) is 15.5 Å². The number of methoxy groups -OCH3 is 1. The Balaban J connectivity index is 1.35. The van der Waals surface area contributed by atoms with Gasteiger partial charge < -0.3 is 14.6 Å². The molecule has 3 aromatic rings. The molecule has 1 aliphatic rings. The fourth-order valence-electron chi connectivity index (χ4n) is 4.40. The number of rotatable bonds is 14.